The first-order valence-corrected chi connectivity index (χ1v) is 24.7. The van der Waals surface area contributed by atoms with Crippen molar-refractivity contribution < 1.29 is 28.6 Å². The molecule has 1 aliphatic heterocycles. The number of carbonyl (C=O) groups is 3. The molecule has 0 aromatic heterocycles. The van der Waals surface area contributed by atoms with Crippen LogP contribution in [0.15, 0.2) is 24.3 Å². The minimum absolute atomic E-state index is 0.0787. The minimum Gasteiger partial charge on any atom is -0.465 e. The third kappa shape index (κ3) is 35.7. The van der Waals surface area contributed by atoms with E-state index < -0.39 is 0 Å². The zero-order valence-electron chi connectivity index (χ0n) is 38.3. The van der Waals surface area contributed by atoms with Gasteiger partial charge in [0.15, 0.2) is 0 Å². The fourth-order valence-electron chi connectivity index (χ4n) is 7.45. The zero-order chi connectivity index (χ0) is 42.0. The van der Waals surface area contributed by atoms with Gasteiger partial charge in [-0.05, 0) is 83.7 Å². The Morgan fingerprint density at radius 2 is 0.724 bits per heavy atom. The molecular formula is C50H92N2O6. The highest BCUT2D eigenvalue weighted by Gasteiger charge is 2.19. The number of esters is 3. The summed E-state index contributed by atoms with van der Waals surface area (Å²) in [6.07, 6.45) is 42.8. The number of nitrogens with zero attached hydrogens (tertiary/aromatic N) is 2. The van der Waals surface area contributed by atoms with Crippen LogP contribution >= 0.6 is 0 Å². The van der Waals surface area contributed by atoms with E-state index >= 15 is 0 Å². The van der Waals surface area contributed by atoms with Gasteiger partial charge in [0.25, 0.3) is 0 Å². The van der Waals surface area contributed by atoms with Gasteiger partial charge < -0.3 is 24.0 Å². The van der Waals surface area contributed by atoms with Crippen molar-refractivity contribution in [1.29, 1.82) is 0 Å². The largest absolute Gasteiger partial charge is 0.465 e. The van der Waals surface area contributed by atoms with Gasteiger partial charge in [-0.25, -0.2) is 0 Å². The molecule has 0 saturated carbocycles. The average molecular weight is 817 g/mol. The molecule has 0 N–H and O–H groups in total. The summed E-state index contributed by atoms with van der Waals surface area (Å²) < 4.78 is 16.8. The van der Waals surface area contributed by atoms with Crippen LogP contribution in [0.3, 0.4) is 0 Å². The molecule has 1 saturated heterocycles. The molecule has 0 atom stereocenters. The van der Waals surface area contributed by atoms with Gasteiger partial charge in [-0.15, -0.1) is 0 Å². The summed E-state index contributed by atoms with van der Waals surface area (Å²) in [7, 11) is 0. The molecule has 0 aliphatic carbocycles. The van der Waals surface area contributed by atoms with Crippen LogP contribution in [-0.2, 0) is 28.6 Å². The predicted molar refractivity (Wildman–Crippen MR) is 243 cm³/mol. The first-order chi connectivity index (χ1) is 28.5. The zero-order valence-corrected chi connectivity index (χ0v) is 38.3. The summed E-state index contributed by atoms with van der Waals surface area (Å²) in [6.45, 7) is 13.2. The van der Waals surface area contributed by atoms with Crippen LogP contribution in [0.1, 0.15) is 213 Å². The van der Waals surface area contributed by atoms with Gasteiger partial charge in [0.1, 0.15) is 19.8 Å². The number of hydrogen-bond acceptors (Lipinski definition) is 8. The van der Waals surface area contributed by atoms with Crippen LogP contribution in [0.25, 0.3) is 0 Å². The number of likely N-dealkylation sites (N-methyl/N-ethyl adjacent to an activating group) is 1. The molecule has 8 heteroatoms. The van der Waals surface area contributed by atoms with Crippen molar-refractivity contribution in [3.63, 3.8) is 0 Å². The molecule has 1 fully saturated rings. The highest BCUT2D eigenvalue weighted by Crippen LogP contribution is 2.14. The lowest BCUT2D eigenvalue weighted by atomic mass is 10.1. The molecule has 0 spiro atoms. The van der Waals surface area contributed by atoms with Gasteiger partial charge >= 0.3 is 17.9 Å². The number of unbranched alkanes of at least 4 members (excludes halogenated alkanes) is 22. The number of hydrogen-bond donors (Lipinski definition) is 0. The molecule has 0 radical (unpaired) electrons. The van der Waals surface area contributed by atoms with Crippen molar-refractivity contribution in [3.05, 3.63) is 24.3 Å². The Hall–Kier alpha value is -2.19. The summed E-state index contributed by atoms with van der Waals surface area (Å²) in [6, 6.07) is 0. The summed E-state index contributed by atoms with van der Waals surface area (Å²) in [4.78, 5) is 42.7. The molecule has 0 amide bonds. The molecule has 0 bridgehead atoms. The second-order valence-electron chi connectivity index (χ2n) is 17.0. The molecule has 8 nitrogen and oxygen atoms in total. The van der Waals surface area contributed by atoms with Gasteiger partial charge in [-0.1, -0.05) is 148 Å². The van der Waals surface area contributed by atoms with E-state index in [0.29, 0.717) is 19.3 Å². The van der Waals surface area contributed by atoms with Crippen molar-refractivity contribution in [1.82, 2.24) is 9.80 Å². The maximum atomic E-state index is 12.6. The van der Waals surface area contributed by atoms with Crippen molar-refractivity contribution in [2.45, 2.75) is 213 Å². The summed E-state index contributed by atoms with van der Waals surface area (Å²) in [5.41, 5.74) is 0. The lowest BCUT2D eigenvalue weighted by molar-refractivity contribution is -0.153. The Labute approximate surface area is 358 Å². The van der Waals surface area contributed by atoms with Gasteiger partial charge in [0.2, 0.25) is 0 Å². The fraction of sp³-hybridized carbons (Fsp3) is 0.860. The SMILES string of the molecule is CCCCCCCC/C=C\CCCCCCCC(=O)OCC(COC(=O)CCCCCCC/C=C\CCCCCCCC)COC(=O)CCCN1CCN(CC)CC1. The van der Waals surface area contributed by atoms with Gasteiger partial charge in [0.05, 0.1) is 5.92 Å². The minimum atomic E-state index is -0.373. The molecule has 1 heterocycles. The monoisotopic (exact) mass is 817 g/mol. The number of ether oxygens (including phenoxy) is 3. The lowest BCUT2D eigenvalue weighted by Crippen LogP contribution is -2.46. The number of carbonyl (C=O) groups excluding carboxylic acids is 3. The van der Waals surface area contributed by atoms with Crippen molar-refractivity contribution in [3.8, 4) is 0 Å². The third-order valence-corrected chi connectivity index (χ3v) is 11.5. The Bertz CT molecular complexity index is 952. The Morgan fingerprint density at radius 1 is 0.414 bits per heavy atom. The van der Waals surface area contributed by atoms with Crippen LogP contribution in [0.2, 0.25) is 0 Å². The van der Waals surface area contributed by atoms with E-state index in [0.717, 1.165) is 97.1 Å². The van der Waals surface area contributed by atoms with Gasteiger partial charge in [-0.2, -0.15) is 0 Å². The molecular weight excluding hydrogens is 725 g/mol. The quantitative estimate of drug-likeness (QED) is 0.0261. The van der Waals surface area contributed by atoms with E-state index in [1.54, 1.807) is 0 Å². The molecule has 58 heavy (non-hydrogen) atoms. The fourth-order valence-corrected chi connectivity index (χ4v) is 7.45. The van der Waals surface area contributed by atoms with Gasteiger partial charge in [-0.3, -0.25) is 14.4 Å². The van der Waals surface area contributed by atoms with Crippen molar-refractivity contribution in [2.24, 2.45) is 5.92 Å². The van der Waals surface area contributed by atoms with Crippen molar-refractivity contribution >= 4 is 17.9 Å². The maximum Gasteiger partial charge on any atom is 0.305 e. The lowest BCUT2D eigenvalue weighted by Gasteiger charge is -2.33. The van der Waals surface area contributed by atoms with Crippen LogP contribution in [0, 0.1) is 5.92 Å². The third-order valence-electron chi connectivity index (χ3n) is 11.5. The molecule has 1 aliphatic rings. The number of piperazine rings is 1. The number of allylic oxidation sites excluding steroid dienone is 4. The molecule has 0 aromatic rings. The second-order valence-corrected chi connectivity index (χ2v) is 17.0. The Kier molecular flexibility index (Phi) is 38.6. The standard InChI is InChI=1S/C50H92N2O6/c1-4-7-9-11-13-15-17-19-21-23-25-27-29-31-33-36-48(53)56-44-47(46-58-50(55)38-35-39-52-42-40-51(6-3)41-43-52)45-57-49(54)37-34-32-30-28-26-24-22-20-18-16-14-12-10-8-5-2/h19-22,47H,4-18,23-46H2,1-3H3/b21-19-,22-20-. The normalized spacial score (nSPS) is 13.9. The Balaban J connectivity index is 2.28. The molecule has 1 rings (SSSR count). The Morgan fingerprint density at radius 3 is 1.09 bits per heavy atom. The smallest absolute Gasteiger partial charge is 0.305 e. The van der Waals surface area contributed by atoms with Gasteiger partial charge in [0, 0.05) is 45.4 Å². The summed E-state index contributed by atoms with van der Waals surface area (Å²) >= 11 is 0. The van der Waals surface area contributed by atoms with E-state index in [1.807, 2.05) is 0 Å². The first-order valence-electron chi connectivity index (χ1n) is 24.7. The highest BCUT2D eigenvalue weighted by atomic mass is 16.6. The van der Waals surface area contributed by atoms with E-state index in [1.165, 1.54) is 116 Å². The van der Waals surface area contributed by atoms with Crippen LogP contribution in [-0.4, -0.2) is 86.8 Å². The van der Waals surface area contributed by atoms with E-state index in [2.05, 4.69) is 54.9 Å². The predicted octanol–water partition coefficient (Wildman–Crippen LogP) is 12.7. The molecule has 0 unspecified atom stereocenters. The highest BCUT2D eigenvalue weighted by molar-refractivity contribution is 5.70. The van der Waals surface area contributed by atoms with E-state index in [-0.39, 0.29) is 43.6 Å². The van der Waals surface area contributed by atoms with E-state index in [9.17, 15) is 14.4 Å². The first kappa shape index (κ1) is 53.8. The maximum absolute atomic E-state index is 12.6. The summed E-state index contributed by atoms with van der Waals surface area (Å²) in [5, 5.41) is 0. The van der Waals surface area contributed by atoms with Crippen LogP contribution in [0.5, 0.6) is 0 Å². The summed E-state index contributed by atoms with van der Waals surface area (Å²) in [5.74, 6) is -1.10. The number of rotatable bonds is 41. The molecule has 338 valence electrons. The van der Waals surface area contributed by atoms with Crippen LogP contribution < -0.4 is 0 Å². The van der Waals surface area contributed by atoms with Crippen LogP contribution in [0.4, 0.5) is 0 Å². The van der Waals surface area contributed by atoms with E-state index in [4.69, 9.17) is 14.2 Å². The van der Waals surface area contributed by atoms with Crippen molar-refractivity contribution in [2.75, 3.05) is 59.1 Å². The second kappa shape index (κ2) is 41.5. The average Bonchev–Trinajstić information content (AvgIpc) is 3.23. The topological polar surface area (TPSA) is 85.4 Å². The molecule has 0 aromatic carbocycles.